The molecule has 0 unspecified atom stereocenters. The summed E-state index contributed by atoms with van der Waals surface area (Å²) in [5.74, 6) is 0.546. The Morgan fingerprint density at radius 1 is 1.28 bits per heavy atom. The molecular weight excluding hydrogens is 230 g/mol. The SMILES string of the molecule is Cc1ncc(-c2ccc3n(c2=O)CCC3)c(=O)[nH]1. The van der Waals surface area contributed by atoms with Crippen LogP contribution >= 0.6 is 0 Å². The van der Waals surface area contributed by atoms with E-state index in [9.17, 15) is 9.59 Å². The van der Waals surface area contributed by atoms with Gasteiger partial charge in [0.15, 0.2) is 0 Å². The lowest BCUT2D eigenvalue weighted by Gasteiger charge is -2.06. The van der Waals surface area contributed by atoms with Crippen LogP contribution in [0.4, 0.5) is 0 Å². The van der Waals surface area contributed by atoms with Gasteiger partial charge in [0, 0.05) is 18.4 Å². The normalized spacial score (nSPS) is 13.6. The summed E-state index contributed by atoms with van der Waals surface area (Å²) in [5.41, 5.74) is 1.45. The Morgan fingerprint density at radius 2 is 2.11 bits per heavy atom. The number of pyridine rings is 1. The lowest BCUT2D eigenvalue weighted by atomic mass is 10.1. The van der Waals surface area contributed by atoms with Crippen molar-refractivity contribution in [3.05, 3.63) is 50.6 Å². The molecule has 1 aliphatic heterocycles. The third-order valence-electron chi connectivity index (χ3n) is 3.30. The third-order valence-corrected chi connectivity index (χ3v) is 3.30. The molecule has 3 heterocycles. The number of rotatable bonds is 1. The molecule has 2 aromatic heterocycles. The molecule has 18 heavy (non-hydrogen) atoms. The van der Waals surface area contributed by atoms with E-state index in [2.05, 4.69) is 9.97 Å². The van der Waals surface area contributed by atoms with Gasteiger partial charge in [-0.05, 0) is 31.9 Å². The Hall–Kier alpha value is -2.17. The van der Waals surface area contributed by atoms with Crippen molar-refractivity contribution < 1.29 is 0 Å². The maximum absolute atomic E-state index is 12.3. The molecule has 0 amide bonds. The number of H-pyrrole nitrogens is 1. The summed E-state index contributed by atoms with van der Waals surface area (Å²) in [6.07, 6.45) is 3.38. The van der Waals surface area contributed by atoms with E-state index in [0.29, 0.717) is 17.0 Å². The maximum atomic E-state index is 12.3. The minimum Gasteiger partial charge on any atom is -0.312 e. The van der Waals surface area contributed by atoms with E-state index in [1.165, 1.54) is 6.20 Å². The highest BCUT2D eigenvalue weighted by Crippen LogP contribution is 2.16. The molecule has 0 fully saturated rings. The van der Waals surface area contributed by atoms with Crippen LogP contribution < -0.4 is 11.1 Å². The Balaban J connectivity index is 2.25. The number of aromatic nitrogens is 3. The second-order valence-corrected chi connectivity index (χ2v) is 4.51. The average Bonchev–Trinajstić information content (AvgIpc) is 2.80. The van der Waals surface area contributed by atoms with Gasteiger partial charge in [0.05, 0.1) is 11.1 Å². The van der Waals surface area contributed by atoms with Crippen LogP contribution in [0, 0.1) is 6.92 Å². The minimum absolute atomic E-state index is 0.0962. The highest BCUT2D eigenvalue weighted by molar-refractivity contribution is 5.60. The van der Waals surface area contributed by atoms with Crippen LogP contribution in [-0.4, -0.2) is 14.5 Å². The van der Waals surface area contributed by atoms with E-state index in [1.54, 1.807) is 17.6 Å². The molecule has 2 aromatic rings. The summed E-state index contributed by atoms with van der Waals surface area (Å²) in [4.78, 5) is 30.8. The zero-order chi connectivity index (χ0) is 12.7. The van der Waals surface area contributed by atoms with Gasteiger partial charge in [0.2, 0.25) is 0 Å². The molecule has 0 aromatic carbocycles. The van der Waals surface area contributed by atoms with E-state index >= 15 is 0 Å². The summed E-state index contributed by atoms with van der Waals surface area (Å²) in [7, 11) is 0. The number of aromatic amines is 1. The van der Waals surface area contributed by atoms with Crippen LogP contribution in [0.2, 0.25) is 0 Å². The molecule has 0 bridgehead atoms. The maximum Gasteiger partial charge on any atom is 0.258 e. The Kier molecular flexibility index (Phi) is 2.40. The molecule has 1 N–H and O–H groups in total. The molecule has 0 saturated heterocycles. The van der Waals surface area contributed by atoms with Gasteiger partial charge in [-0.3, -0.25) is 9.59 Å². The minimum atomic E-state index is -0.266. The number of aryl methyl sites for hydroxylation is 2. The number of fused-ring (bicyclic) bond motifs is 1. The van der Waals surface area contributed by atoms with Crippen LogP contribution in [0.15, 0.2) is 27.9 Å². The van der Waals surface area contributed by atoms with Crippen LogP contribution in [-0.2, 0) is 13.0 Å². The van der Waals surface area contributed by atoms with Crippen LogP contribution in [0.3, 0.4) is 0 Å². The smallest absolute Gasteiger partial charge is 0.258 e. The van der Waals surface area contributed by atoms with Crippen LogP contribution in [0.1, 0.15) is 17.9 Å². The first-order chi connectivity index (χ1) is 8.66. The zero-order valence-electron chi connectivity index (χ0n) is 10.1. The largest absolute Gasteiger partial charge is 0.312 e. The predicted octanol–water partition coefficient (Wildman–Crippen LogP) is 0.853. The van der Waals surface area contributed by atoms with Crippen molar-refractivity contribution in [2.24, 2.45) is 0 Å². The van der Waals surface area contributed by atoms with Crippen LogP contribution in [0.5, 0.6) is 0 Å². The van der Waals surface area contributed by atoms with Crippen molar-refractivity contribution in [1.82, 2.24) is 14.5 Å². The van der Waals surface area contributed by atoms with Gasteiger partial charge < -0.3 is 9.55 Å². The zero-order valence-corrected chi connectivity index (χ0v) is 10.1. The highest BCUT2D eigenvalue weighted by atomic mass is 16.1. The van der Waals surface area contributed by atoms with Gasteiger partial charge in [0.25, 0.3) is 11.1 Å². The fraction of sp³-hybridized carbons (Fsp3) is 0.308. The van der Waals surface area contributed by atoms with E-state index in [4.69, 9.17) is 0 Å². The van der Waals surface area contributed by atoms with Crippen LogP contribution in [0.25, 0.3) is 11.1 Å². The summed E-state index contributed by atoms with van der Waals surface area (Å²) < 4.78 is 1.74. The fourth-order valence-electron chi connectivity index (χ4n) is 2.38. The van der Waals surface area contributed by atoms with Gasteiger partial charge in [-0.1, -0.05) is 0 Å². The summed E-state index contributed by atoms with van der Waals surface area (Å²) >= 11 is 0. The lowest BCUT2D eigenvalue weighted by Crippen LogP contribution is -2.24. The molecule has 5 heteroatoms. The van der Waals surface area contributed by atoms with Crippen molar-refractivity contribution in [3.8, 4) is 11.1 Å². The standard InChI is InChI=1S/C13H13N3O2/c1-8-14-7-11(12(17)15-8)10-5-4-9-3-2-6-16(9)13(10)18/h4-5,7H,2-3,6H2,1H3,(H,14,15,17). The summed E-state index contributed by atoms with van der Waals surface area (Å²) in [6, 6.07) is 3.64. The Morgan fingerprint density at radius 3 is 2.89 bits per heavy atom. The third kappa shape index (κ3) is 1.59. The Labute approximate surface area is 103 Å². The van der Waals surface area contributed by atoms with E-state index in [1.807, 2.05) is 6.07 Å². The van der Waals surface area contributed by atoms with Crippen molar-refractivity contribution in [2.45, 2.75) is 26.3 Å². The topological polar surface area (TPSA) is 67.8 Å². The first-order valence-electron chi connectivity index (χ1n) is 5.96. The van der Waals surface area contributed by atoms with Crippen molar-refractivity contribution >= 4 is 0 Å². The number of hydrogen-bond acceptors (Lipinski definition) is 3. The Bertz CT molecular complexity index is 728. The molecule has 0 atom stereocenters. The number of hydrogen-bond donors (Lipinski definition) is 1. The molecule has 0 aliphatic carbocycles. The molecule has 0 spiro atoms. The lowest BCUT2D eigenvalue weighted by molar-refractivity contribution is 0.722. The summed E-state index contributed by atoms with van der Waals surface area (Å²) in [5, 5.41) is 0. The second kappa shape index (κ2) is 3.94. The van der Waals surface area contributed by atoms with Crippen molar-refractivity contribution in [3.63, 3.8) is 0 Å². The van der Waals surface area contributed by atoms with Gasteiger partial charge in [0.1, 0.15) is 5.82 Å². The average molecular weight is 243 g/mol. The van der Waals surface area contributed by atoms with Crippen molar-refractivity contribution in [2.75, 3.05) is 0 Å². The number of nitrogens with one attached hydrogen (secondary N) is 1. The molecule has 1 aliphatic rings. The first kappa shape index (κ1) is 11.0. The molecular formula is C13H13N3O2. The number of nitrogens with zero attached hydrogens (tertiary/aromatic N) is 2. The predicted molar refractivity (Wildman–Crippen MR) is 67.6 cm³/mol. The quantitative estimate of drug-likeness (QED) is 0.807. The van der Waals surface area contributed by atoms with Gasteiger partial charge in [-0.15, -0.1) is 0 Å². The first-order valence-corrected chi connectivity index (χ1v) is 5.96. The molecule has 5 nitrogen and oxygen atoms in total. The van der Waals surface area contributed by atoms with Gasteiger partial charge in [-0.2, -0.15) is 0 Å². The molecule has 0 radical (unpaired) electrons. The van der Waals surface area contributed by atoms with E-state index in [0.717, 1.165) is 25.1 Å². The van der Waals surface area contributed by atoms with Gasteiger partial charge >= 0.3 is 0 Å². The van der Waals surface area contributed by atoms with E-state index < -0.39 is 0 Å². The van der Waals surface area contributed by atoms with E-state index in [-0.39, 0.29) is 11.1 Å². The van der Waals surface area contributed by atoms with Crippen molar-refractivity contribution in [1.29, 1.82) is 0 Å². The molecule has 0 saturated carbocycles. The monoisotopic (exact) mass is 243 g/mol. The highest BCUT2D eigenvalue weighted by Gasteiger charge is 2.16. The molecule has 3 rings (SSSR count). The molecule has 92 valence electrons. The van der Waals surface area contributed by atoms with Gasteiger partial charge in [-0.25, -0.2) is 4.98 Å². The fourth-order valence-corrected chi connectivity index (χ4v) is 2.38. The second-order valence-electron chi connectivity index (χ2n) is 4.51. The summed E-state index contributed by atoms with van der Waals surface area (Å²) in [6.45, 7) is 2.44.